The first kappa shape index (κ1) is 21.6. The molecule has 2 heterocycles. The fourth-order valence-corrected chi connectivity index (χ4v) is 3.91. The lowest BCUT2D eigenvalue weighted by atomic mass is 10.0. The fraction of sp³-hybridized carbons (Fsp3) is 0.259. The number of pyridine rings is 1. The van der Waals surface area contributed by atoms with Crippen LogP contribution in [0.3, 0.4) is 0 Å². The lowest BCUT2D eigenvalue weighted by Gasteiger charge is -2.09. The van der Waals surface area contributed by atoms with Crippen LogP contribution in [0.15, 0.2) is 66.9 Å². The van der Waals surface area contributed by atoms with Crippen LogP contribution >= 0.6 is 0 Å². The first-order valence-electron chi connectivity index (χ1n) is 11.1. The SMILES string of the molecule is CCCNC(=O)CCc1c(-c2cccc(OC)c2)nc2ccc(-c3cccc(C)c3)cn12. The Hall–Kier alpha value is -3.60. The van der Waals surface area contributed by atoms with Gasteiger partial charge in [-0.05, 0) is 55.2 Å². The molecule has 5 heteroatoms. The van der Waals surface area contributed by atoms with Gasteiger partial charge in [-0.2, -0.15) is 0 Å². The van der Waals surface area contributed by atoms with Gasteiger partial charge < -0.3 is 14.5 Å². The van der Waals surface area contributed by atoms with Gasteiger partial charge in [-0.1, -0.05) is 48.9 Å². The second-order valence-corrected chi connectivity index (χ2v) is 8.00. The first-order valence-corrected chi connectivity index (χ1v) is 11.1. The number of aryl methyl sites for hydroxylation is 2. The number of methoxy groups -OCH3 is 1. The molecule has 2 aromatic heterocycles. The molecular weight excluding hydrogens is 398 g/mol. The van der Waals surface area contributed by atoms with Crippen LogP contribution in [0.4, 0.5) is 0 Å². The summed E-state index contributed by atoms with van der Waals surface area (Å²) in [4.78, 5) is 17.3. The number of imidazole rings is 1. The van der Waals surface area contributed by atoms with Crippen molar-refractivity contribution in [3.05, 3.63) is 78.1 Å². The zero-order valence-corrected chi connectivity index (χ0v) is 18.9. The van der Waals surface area contributed by atoms with Gasteiger partial charge in [0, 0.05) is 24.7 Å². The Kier molecular flexibility index (Phi) is 6.55. The molecule has 0 radical (unpaired) electrons. The van der Waals surface area contributed by atoms with Gasteiger partial charge in [0.25, 0.3) is 0 Å². The van der Waals surface area contributed by atoms with Crippen LogP contribution in [-0.2, 0) is 11.2 Å². The van der Waals surface area contributed by atoms with Crippen molar-refractivity contribution in [2.45, 2.75) is 33.1 Å². The van der Waals surface area contributed by atoms with Gasteiger partial charge in [-0.3, -0.25) is 4.79 Å². The van der Waals surface area contributed by atoms with Crippen molar-refractivity contribution in [2.75, 3.05) is 13.7 Å². The summed E-state index contributed by atoms with van der Waals surface area (Å²) in [6, 6.07) is 20.5. The Morgan fingerprint density at radius 2 is 1.84 bits per heavy atom. The normalized spacial score (nSPS) is 11.0. The molecule has 4 rings (SSSR count). The monoisotopic (exact) mass is 427 g/mol. The highest BCUT2D eigenvalue weighted by Crippen LogP contribution is 2.30. The average Bonchev–Trinajstić information content (AvgIpc) is 3.19. The zero-order valence-electron chi connectivity index (χ0n) is 18.9. The third kappa shape index (κ3) is 4.67. The van der Waals surface area contributed by atoms with Crippen molar-refractivity contribution in [3.8, 4) is 28.1 Å². The van der Waals surface area contributed by atoms with Gasteiger partial charge in [0.1, 0.15) is 11.4 Å². The van der Waals surface area contributed by atoms with E-state index in [0.717, 1.165) is 45.9 Å². The van der Waals surface area contributed by atoms with Crippen LogP contribution in [0.1, 0.15) is 31.0 Å². The first-order chi connectivity index (χ1) is 15.6. The lowest BCUT2D eigenvalue weighted by molar-refractivity contribution is -0.121. The van der Waals surface area contributed by atoms with E-state index < -0.39 is 0 Å². The van der Waals surface area contributed by atoms with E-state index in [1.54, 1.807) is 7.11 Å². The van der Waals surface area contributed by atoms with E-state index in [4.69, 9.17) is 9.72 Å². The van der Waals surface area contributed by atoms with E-state index in [2.05, 4.69) is 60.1 Å². The summed E-state index contributed by atoms with van der Waals surface area (Å²) < 4.78 is 7.55. The number of hydrogen-bond acceptors (Lipinski definition) is 3. The molecule has 1 N–H and O–H groups in total. The minimum Gasteiger partial charge on any atom is -0.497 e. The van der Waals surface area contributed by atoms with Crippen LogP contribution in [0.25, 0.3) is 28.0 Å². The predicted octanol–water partition coefficient (Wildman–Crippen LogP) is 5.44. The summed E-state index contributed by atoms with van der Waals surface area (Å²) in [6.07, 6.45) is 4.07. The maximum atomic E-state index is 12.3. The fourth-order valence-electron chi connectivity index (χ4n) is 3.91. The Morgan fingerprint density at radius 1 is 1.03 bits per heavy atom. The standard InChI is InChI=1S/C27H29N3O2/c1-4-15-28-26(31)14-12-24-27(21-9-6-10-23(17-21)32-3)29-25-13-11-22(18-30(24)25)20-8-5-7-19(2)16-20/h5-11,13,16-18H,4,12,14-15H2,1-3H3,(H,28,31). The van der Waals surface area contributed by atoms with Crippen molar-refractivity contribution in [3.63, 3.8) is 0 Å². The maximum absolute atomic E-state index is 12.3. The van der Waals surface area contributed by atoms with Crippen LogP contribution in [-0.4, -0.2) is 28.9 Å². The van der Waals surface area contributed by atoms with Gasteiger partial charge in [-0.15, -0.1) is 0 Å². The van der Waals surface area contributed by atoms with E-state index in [1.807, 2.05) is 30.3 Å². The minimum atomic E-state index is 0.0632. The Labute approximate surface area is 189 Å². The molecule has 0 aliphatic heterocycles. The number of amides is 1. The highest BCUT2D eigenvalue weighted by Gasteiger charge is 2.16. The summed E-state index contributed by atoms with van der Waals surface area (Å²) in [7, 11) is 1.66. The van der Waals surface area contributed by atoms with Crippen LogP contribution in [0.2, 0.25) is 0 Å². The second-order valence-electron chi connectivity index (χ2n) is 8.00. The van der Waals surface area contributed by atoms with Crippen molar-refractivity contribution in [2.24, 2.45) is 0 Å². The largest absolute Gasteiger partial charge is 0.497 e. The van der Waals surface area contributed by atoms with E-state index in [-0.39, 0.29) is 5.91 Å². The molecule has 0 bridgehead atoms. The molecule has 5 nitrogen and oxygen atoms in total. The molecule has 0 saturated heterocycles. The van der Waals surface area contributed by atoms with Crippen molar-refractivity contribution in [1.82, 2.24) is 14.7 Å². The molecule has 0 unspecified atom stereocenters. The average molecular weight is 428 g/mol. The summed E-state index contributed by atoms with van der Waals surface area (Å²) in [5.41, 5.74) is 7.25. The van der Waals surface area contributed by atoms with Crippen LogP contribution in [0, 0.1) is 6.92 Å². The van der Waals surface area contributed by atoms with Gasteiger partial charge in [0.15, 0.2) is 0 Å². The summed E-state index contributed by atoms with van der Waals surface area (Å²) >= 11 is 0. The van der Waals surface area contributed by atoms with Gasteiger partial charge >= 0.3 is 0 Å². The Morgan fingerprint density at radius 3 is 2.62 bits per heavy atom. The molecule has 0 spiro atoms. The Bertz CT molecular complexity index is 1240. The number of carbonyl (C=O) groups excluding carboxylic acids is 1. The predicted molar refractivity (Wildman–Crippen MR) is 129 cm³/mol. The number of rotatable bonds is 8. The number of aromatic nitrogens is 2. The summed E-state index contributed by atoms with van der Waals surface area (Å²) in [6.45, 7) is 4.85. The smallest absolute Gasteiger partial charge is 0.220 e. The van der Waals surface area contributed by atoms with Crippen molar-refractivity contribution >= 4 is 11.6 Å². The molecule has 4 aromatic rings. The van der Waals surface area contributed by atoms with Gasteiger partial charge in [0.2, 0.25) is 5.91 Å². The van der Waals surface area contributed by atoms with E-state index >= 15 is 0 Å². The van der Waals surface area contributed by atoms with Gasteiger partial charge in [-0.25, -0.2) is 4.98 Å². The van der Waals surface area contributed by atoms with Crippen LogP contribution in [0.5, 0.6) is 5.75 Å². The minimum absolute atomic E-state index is 0.0632. The molecule has 1 amide bonds. The highest BCUT2D eigenvalue weighted by molar-refractivity contribution is 5.77. The second kappa shape index (κ2) is 9.69. The zero-order chi connectivity index (χ0) is 22.5. The Balaban J connectivity index is 1.79. The summed E-state index contributed by atoms with van der Waals surface area (Å²) in [5, 5.41) is 2.98. The van der Waals surface area contributed by atoms with Gasteiger partial charge in [0.05, 0.1) is 18.5 Å². The number of hydrogen-bond donors (Lipinski definition) is 1. The number of carbonyl (C=O) groups is 1. The number of nitrogens with zero attached hydrogens (tertiary/aromatic N) is 2. The summed E-state index contributed by atoms with van der Waals surface area (Å²) in [5.74, 6) is 0.847. The molecule has 164 valence electrons. The number of fused-ring (bicyclic) bond motifs is 1. The van der Waals surface area contributed by atoms with Crippen molar-refractivity contribution < 1.29 is 9.53 Å². The molecule has 2 aromatic carbocycles. The molecule has 0 saturated carbocycles. The molecule has 0 atom stereocenters. The molecule has 0 aliphatic carbocycles. The molecular formula is C27H29N3O2. The molecule has 0 fully saturated rings. The van der Waals surface area contributed by atoms with E-state index in [0.29, 0.717) is 19.4 Å². The van der Waals surface area contributed by atoms with Crippen molar-refractivity contribution in [1.29, 1.82) is 0 Å². The maximum Gasteiger partial charge on any atom is 0.220 e. The quantitative estimate of drug-likeness (QED) is 0.407. The lowest BCUT2D eigenvalue weighted by Crippen LogP contribution is -2.24. The topological polar surface area (TPSA) is 55.6 Å². The number of ether oxygens (including phenoxy) is 1. The molecule has 32 heavy (non-hydrogen) atoms. The highest BCUT2D eigenvalue weighted by atomic mass is 16.5. The third-order valence-electron chi connectivity index (χ3n) is 5.57. The third-order valence-corrected chi connectivity index (χ3v) is 5.57. The van der Waals surface area contributed by atoms with E-state index in [1.165, 1.54) is 5.56 Å². The number of benzene rings is 2. The van der Waals surface area contributed by atoms with Crippen LogP contribution < -0.4 is 10.1 Å². The number of nitrogens with one attached hydrogen (secondary N) is 1. The van der Waals surface area contributed by atoms with E-state index in [9.17, 15) is 4.79 Å². The molecule has 0 aliphatic rings.